The number of rotatable bonds is 10. The molecule has 0 unspecified atom stereocenters. The van der Waals surface area contributed by atoms with E-state index in [9.17, 15) is 4.79 Å². The Morgan fingerprint density at radius 3 is 1.35 bits per heavy atom. The molecule has 2 N–H and O–H groups in total. The highest BCUT2D eigenvalue weighted by Gasteiger charge is 2.06. The zero-order valence-electron chi connectivity index (χ0n) is 20.7. The third-order valence-corrected chi connectivity index (χ3v) is 4.88. The second-order valence-electron chi connectivity index (χ2n) is 8.15. The Balaban J connectivity index is 2.01. The van der Waals surface area contributed by atoms with Crippen LogP contribution < -0.4 is 20.3 Å². The molecule has 0 bridgehead atoms. The van der Waals surface area contributed by atoms with Gasteiger partial charge in [-0.2, -0.15) is 10.2 Å². The number of urea groups is 1. The largest absolute Gasteiger partial charge is 0.497 e. The van der Waals surface area contributed by atoms with Gasteiger partial charge in [-0.1, -0.05) is 64.1 Å². The third kappa shape index (κ3) is 8.94. The van der Waals surface area contributed by atoms with Gasteiger partial charge in [-0.15, -0.1) is 0 Å². The van der Waals surface area contributed by atoms with E-state index < -0.39 is 6.03 Å². The van der Waals surface area contributed by atoms with Gasteiger partial charge in [-0.3, -0.25) is 0 Å². The lowest BCUT2D eigenvalue weighted by atomic mass is 10.1. The highest BCUT2D eigenvalue weighted by atomic mass is 16.5. The van der Waals surface area contributed by atoms with E-state index in [-0.39, 0.29) is 11.8 Å². The Morgan fingerprint density at radius 1 is 0.706 bits per heavy atom. The number of ether oxygens (including phenoxy) is 2. The van der Waals surface area contributed by atoms with E-state index in [2.05, 4.69) is 21.1 Å². The third-order valence-electron chi connectivity index (χ3n) is 4.88. The van der Waals surface area contributed by atoms with E-state index in [0.29, 0.717) is 0 Å². The maximum Gasteiger partial charge on any atom is 0.355 e. The highest BCUT2D eigenvalue weighted by molar-refractivity contribution is 6.01. The Morgan fingerprint density at radius 2 is 1.06 bits per heavy atom. The van der Waals surface area contributed by atoms with Gasteiger partial charge in [0.15, 0.2) is 0 Å². The summed E-state index contributed by atoms with van der Waals surface area (Å²) in [4.78, 5) is 12.3. The number of nitrogens with one attached hydrogen (secondary N) is 2. The molecular weight excluding hydrogens is 428 g/mol. The Labute approximate surface area is 202 Å². The molecule has 0 spiro atoms. The fourth-order valence-electron chi connectivity index (χ4n) is 2.77. The zero-order chi connectivity index (χ0) is 24.9. The van der Waals surface area contributed by atoms with Crippen molar-refractivity contribution in [2.75, 3.05) is 14.2 Å². The summed E-state index contributed by atoms with van der Waals surface area (Å²) in [5.74, 6) is 1.84. The normalized spacial score (nSPS) is 12.6. The monoisotopic (exact) mass is 462 g/mol. The van der Waals surface area contributed by atoms with Crippen molar-refractivity contribution in [2.45, 2.75) is 27.7 Å². The predicted octanol–water partition coefficient (Wildman–Crippen LogP) is 5.75. The first-order valence-electron chi connectivity index (χ1n) is 11.2. The lowest BCUT2D eigenvalue weighted by Crippen LogP contribution is -2.31. The Bertz CT molecular complexity index is 951. The quantitative estimate of drug-likeness (QED) is 0.348. The Kier molecular flexibility index (Phi) is 10.6. The molecule has 2 amide bonds. The molecule has 0 aromatic heterocycles. The standard InChI is InChI=1S/C27H34N4O3/c1-19(2)25(17-11-21-7-13-23(33-5)14-8-21)28-30-27(32)31-29-26(20(3)4)18-12-22-9-15-24(34-6)16-10-22/h7-20H,1-6H3,(H2,30,31,32)/b17-11-,18-12-,28-25-,29-26-. The van der Waals surface area contributed by atoms with E-state index in [1.54, 1.807) is 14.2 Å². The van der Waals surface area contributed by atoms with Crippen molar-refractivity contribution in [1.29, 1.82) is 0 Å². The molecule has 34 heavy (non-hydrogen) atoms. The number of allylic oxidation sites excluding steroid dienone is 2. The lowest BCUT2D eigenvalue weighted by Gasteiger charge is -2.08. The van der Waals surface area contributed by atoms with Crippen molar-refractivity contribution in [2.24, 2.45) is 22.0 Å². The summed E-state index contributed by atoms with van der Waals surface area (Å²) in [5.41, 5.74) is 8.53. The van der Waals surface area contributed by atoms with Crippen LogP contribution >= 0.6 is 0 Å². The SMILES string of the molecule is COc1ccc(/C=C\C(=N\NC(=O)N/N=C(/C=C\c2ccc(OC)cc2)C(C)C)C(C)C)cc1. The van der Waals surface area contributed by atoms with Crippen LogP contribution in [0.15, 0.2) is 70.9 Å². The summed E-state index contributed by atoms with van der Waals surface area (Å²) in [6, 6.07) is 14.9. The van der Waals surface area contributed by atoms with Crippen LogP contribution in [0.2, 0.25) is 0 Å². The maximum atomic E-state index is 12.3. The van der Waals surface area contributed by atoms with Crippen molar-refractivity contribution in [3.8, 4) is 11.5 Å². The number of methoxy groups -OCH3 is 2. The fourth-order valence-corrected chi connectivity index (χ4v) is 2.77. The molecule has 0 aliphatic heterocycles. The number of amides is 2. The van der Waals surface area contributed by atoms with Crippen LogP contribution in [0, 0.1) is 11.8 Å². The summed E-state index contributed by atoms with van der Waals surface area (Å²) < 4.78 is 10.4. The number of hydrazone groups is 2. The van der Waals surface area contributed by atoms with Gasteiger partial charge >= 0.3 is 6.03 Å². The first-order chi connectivity index (χ1) is 16.3. The van der Waals surface area contributed by atoms with Crippen molar-refractivity contribution in [3.05, 3.63) is 71.8 Å². The number of carbonyl (C=O) groups is 1. The molecule has 0 saturated heterocycles. The molecule has 0 radical (unpaired) electrons. The molecule has 2 aromatic carbocycles. The van der Waals surface area contributed by atoms with Crippen molar-refractivity contribution in [1.82, 2.24) is 10.9 Å². The van der Waals surface area contributed by atoms with Gasteiger partial charge in [-0.25, -0.2) is 15.6 Å². The number of carbonyl (C=O) groups excluding carboxylic acids is 1. The molecule has 7 nitrogen and oxygen atoms in total. The summed E-state index contributed by atoms with van der Waals surface area (Å²) in [6.07, 6.45) is 7.65. The average molecular weight is 463 g/mol. The molecule has 2 aromatic rings. The van der Waals surface area contributed by atoms with Crippen molar-refractivity contribution < 1.29 is 14.3 Å². The van der Waals surface area contributed by atoms with Crippen LogP contribution in [0.5, 0.6) is 11.5 Å². The average Bonchev–Trinajstić information content (AvgIpc) is 2.84. The van der Waals surface area contributed by atoms with Crippen LogP contribution in [0.1, 0.15) is 38.8 Å². The molecule has 0 heterocycles. The summed E-state index contributed by atoms with van der Waals surface area (Å²) in [5, 5.41) is 8.50. The van der Waals surface area contributed by atoms with Gasteiger partial charge in [0.25, 0.3) is 0 Å². The van der Waals surface area contributed by atoms with E-state index in [4.69, 9.17) is 9.47 Å². The van der Waals surface area contributed by atoms with Crippen LogP contribution in [-0.4, -0.2) is 31.7 Å². The van der Waals surface area contributed by atoms with Crippen molar-refractivity contribution >= 4 is 29.6 Å². The second kappa shape index (κ2) is 13.6. The lowest BCUT2D eigenvalue weighted by molar-refractivity contribution is 0.241. The minimum absolute atomic E-state index is 0.122. The molecule has 0 saturated carbocycles. The minimum atomic E-state index is -0.507. The number of nitrogens with zero attached hydrogens (tertiary/aromatic N) is 2. The Hall–Kier alpha value is -3.87. The van der Waals surface area contributed by atoms with Gasteiger partial charge in [0.05, 0.1) is 25.6 Å². The molecule has 0 aliphatic rings. The zero-order valence-corrected chi connectivity index (χ0v) is 20.7. The topological polar surface area (TPSA) is 84.3 Å². The summed E-state index contributed by atoms with van der Waals surface area (Å²) in [6.45, 7) is 8.04. The molecule has 0 atom stereocenters. The van der Waals surface area contributed by atoms with Gasteiger partial charge < -0.3 is 9.47 Å². The molecule has 180 valence electrons. The first-order valence-corrected chi connectivity index (χ1v) is 11.2. The van der Waals surface area contributed by atoms with Crippen LogP contribution in [0.3, 0.4) is 0 Å². The molecule has 7 heteroatoms. The van der Waals surface area contributed by atoms with E-state index in [0.717, 1.165) is 34.0 Å². The minimum Gasteiger partial charge on any atom is -0.497 e. The van der Waals surface area contributed by atoms with Crippen LogP contribution in [-0.2, 0) is 0 Å². The van der Waals surface area contributed by atoms with Crippen LogP contribution in [0.25, 0.3) is 12.2 Å². The van der Waals surface area contributed by atoms with E-state index >= 15 is 0 Å². The maximum absolute atomic E-state index is 12.3. The number of hydrogen-bond donors (Lipinski definition) is 2. The molecule has 0 fully saturated rings. The number of benzene rings is 2. The summed E-state index contributed by atoms with van der Waals surface area (Å²) >= 11 is 0. The van der Waals surface area contributed by atoms with Gasteiger partial charge in [-0.05, 0) is 59.4 Å². The summed E-state index contributed by atoms with van der Waals surface area (Å²) in [7, 11) is 3.27. The smallest absolute Gasteiger partial charge is 0.355 e. The van der Waals surface area contributed by atoms with Gasteiger partial charge in [0.1, 0.15) is 11.5 Å². The first kappa shape index (κ1) is 26.4. The van der Waals surface area contributed by atoms with E-state index in [1.165, 1.54) is 0 Å². The van der Waals surface area contributed by atoms with E-state index in [1.807, 2.05) is 101 Å². The predicted molar refractivity (Wildman–Crippen MR) is 140 cm³/mol. The second-order valence-corrected chi connectivity index (χ2v) is 8.15. The van der Waals surface area contributed by atoms with Crippen molar-refractivity contribution in [3.63, 3.8) is 0 Å². The van der Waals surface area contributed by atoms with Gasteiger partial charge in [0, 0.05) is 0 Å². The molecular formula is C27H34N4O3. The van der Waals surface area contributed by atoms with Crippen LogP contribution in [0.4, 0.5) is 4.79 Å². The molecule has 0 aliphatic carbocycles. The highest BCUT2D eigenvalue weighted by Crippen LogP contribution is 2.14. The fraction of sp³-hybridized carbons (Fsp3) is 0.296. The number of hydrogen-bond acceptors (Lipinski definition) is 5. The van der Waals surface area contributed by atoms with Gasteiger partial charge in [0.2, 0.25) is 0 Å². The molecule has 2 rings (SSSR count).